The van der Waals surface area contributed by atoms with Crippen molar-refractivity contribution in [3.8, 4) is 0 Å². The van der Waals surface area contributed by atoms with Crippen LogP contribution in [0.15, 0.2) is 0 Å². The highest BCUT2D eigenvalue weighted by Crippen LogP contribution is 2.43. The van der Waals surface area contributed by atoms with Crippen LogP contribution in [0.4, 0.5) is 0 Å². The summed E-state index contributed by atoms with van der Waals surface area (Å²) in [6.45, 7) is 0. The molecule has 0 radical (unpaired) electrons. The number of rotatable bonds is 2. The third kappa shape index (κ3) is 2.44. The molecule has 1 N–H and O–H groups in total. The van der Waals surface area contributed by atoms with E-state index in [-0.39, 0.29) is 16.8 Å². The molecule has 6 nitrogen and oxygen atoms in total. The lowest BCUT2D eigenvalue weighted by atomic mass is 9.68. The van der Waals surface area contributed by atoms with Crippen LogP contribution in [-0.4, -0.2) is 29.2 Å². The molecule has 17 heavy (non-hydrogen) atoms. The van der Waals surface area contributed by atoms with Crippen molar-refractivity contribution in [2.75, 3.05) is 0 Å². The zero-order chi connectivity index (χ0) is 12.6. The first-order chi connectivity index (χ1) is 7.91. The summed E-state index contributed by atoms with van der Waals surface area (Å²) in [5, 5.41) is 10.2. The molecule has 0 aromatic heterocycles. The molecular formula is C10H17NO5S. The first kappa shape index (κ1) is 12.8. The van der Waals surface area contributed by atoms with E-state index in [1.54, 1.807) is 0 Å². The van der Waals surface area contributed by atoms with Gasteiger partial charge < -0.3 is 0 Å². The van der Waals surface area contributed by atoms with Crippen molar-refractivity contribution in [3.63, 3.8) is 0 Å². The van der Waals surface area contributed by atoms with Crippen LogP contribution in [0.1, 0.15) is 38.5 Å². The molecule has 2 fully saturated rings. The molecule has 2 aliphatic carbocycles. The fraction of sp³-hybridized carbons (Fsp3) is 1.00. The zero-order valence-electron chi connectivity index (χ0n) is 9.49. The maximum Gasteiger partial charge on any atom is 0.268 e. The van der Waals surface area contributed by atoms with Crippen molar-refractivity contribution in [1.82, 2.24) is 0 Å². The summed E-state index contributed by atoms with van der Waals surface area (Å²) in [6, 6.07) is -0.627. The molecule has 0 aromatic rings. The zero-order valence-corrected chi connectivity index (χ0v) is 10.3. The average Bonchev–Trinajstić information content (AvgIpc) is 2.26. The second-order valence-electron chi connectivity index (χ2n) is 5.10. The minimum Gasteiger partial charge on any atom is -0.285 e. The predicted molar refractivity (Wildman–Crippen MR) is 60.8 cm³/mol. The Morgan fingerprint density at radius 3 is 2.24 bits per heavy atom. The molecule has 0 aliphatic heterocycles. The van der Waals surface area contributed by atoms with Crippen LogP contribution in [0.2, 0.25) is 0 Å². The number of nitro groups is 1. The summed E-state index contributed by atoms with van der Waals surface area (Å²) < 4.78 is 31.8. The molecule has 2 aliphatic rings. The fourth-order valence-corrected chi connectivity index (χ4v) is 4.79. The Morgan fingerprint density at radius 2 is 1.65 bits per heavy atom. The van der Waals surface area contributed by atoms with Gasteiger partial charge in [-0.3, -0.25) is 14.7 Å². The van der Waals surface area contributed by atoms with Crippen molar-refractivity contribution in [3.05, 3.63) is 10.1 Å². The molecule has 4 unspecified atom stereocenters. The highest BCUT2D eigenvalue weighted by atomic mass is 32.2. The summed E-state index contributed by atoms with van der Waals surface area (Å²) in [5.74, 6) is -0.415. The first-order valence-electron chi connectivity index (χ1n) is 6.01. The van der Waals surface area contributed by atoms with Gasteiger partial charge in [-0.1, -0.05) is 6.42 Å². The third-order valence-corrected chi connectivity index (χ3v) is 5.59. The second kappa shape index (κ2) is 4.53. The van der Waals surface area contributed by atoms with Crippen LogP contribution < -0.4 is 0 Å². The average molecular weight is 263 g/mol. The van der Waals surface area contributed by atoms with Crippen LogP contribution >= 0.6 is 0 Å². The topological polar surface area (TPSA) is 97.5 Å². The van der Waals surface area contributed by atoms with Crippen molar-refractivity contribution >= 4 is 10.1 Å². The minimum absolute atomic E-state index is 0.181. The van der Waals surface area contributed by atoms with E-state index in [1.165, 1.54) is 0 Å². The van der Waals surface area contributed by atoms with E-state index in [0.29, 0.717) is 38.5 Å². The van der Waals surface area contributed by atoms with E-state index in [4.69, 9.17) is 0 Å². The normalized spacial score (nSPS) is 38.4. The highest BCUT2D eigenvalue weighted by molar-refractivity contribution is 7.86. The molecule has 0 spiro atoms. The van der Waals surface area contributed by atoms with Gasteiger partial charge in [0.25, 0.3) is 10.1 Å². The first-order valence-corrected chi connectivity index (χ1v) is 7.51. The second-order valence-corrected chi connectivity index (χ2v) is 6.73. The summed E-state index contributed by atoms with van der Waals surface area (Å²) in [4.78, 5) is 10.7. The monoisotopic (exact) mass is 263 g/mol. The van der Waals surface area contributed by atoms with Gasteiger partial charge in [0.1, 0.15) is 0 Å². The molecule has 2 saturated carbocycles. The lowest BCUT2D eigenvalue weighted by Crippen LogP contribution is -2.47. The van der Waals surface area contributed by atoms with E-state index < -0.39 is 21.4 Å². The molecule has 4 atom stereocenters. The van der Waals surface area contributed by atoms with Crippen LogP contribution in [0.3, 0.4) is 0 Å². The van der Waals surface area contributed by atoms with Crippen molar-refractivity contribution in [2.45, 2.75) is 49.8 Å². The molecule has 0 saturated heterocycles. The van der Waals surface area contributed by atoms with E-state index in [1.807, 2.05) is 0 Å². The summed E-state index contributed by atoms with van der Waals surface area (Å²) >= 11 is 0. The van der Waals surface area contributed by atoms with Gasteiger partial charge in [0.05, 0.1) is 5.25 Å². The van der Waals surface area contributed by atoms with Gasteiger partial charge in [-0.05, 0) is 31.6 Å². The Hall–Kier alpha value is -0.690. The quantitative estimate of drug-likeness (QED) is 0.462. The van der Waals surface area contributed by atoms with Crippen LogP contribution in [-0.2, 0) is 10.1 Å². The lowest BCUT2D eigenvalue weighted by molar-refractivity contribution is -0.538. The Balaban J connectivity index is 2.24. The molecular weight excluding hydrogens is 246 g/mol. The van der Waals surface area contributed by atoms with E-state index in [9.17, 15) is 23.1 Å². The number of hydrogen-bond acceptors (Lipinski definition) is 4. The van der Waals surface area contributed by atoms with Gasteiger partial charge in [0.15, 0.2) is 0 Å². The van der Waals surface area contributed by atoms with Gasteiger partial charge in [0, 0.05) is 17.3 Å². The van der Waals surface area contributed by atoms with E-state index in [2.05, 4.69) is 0 Å². The summed E-state index contributed by atoms with van der Waals surface area (Å²) in [5.41, 5.74) is 0. The smallest absolute Gasteiger partial charge is 0.268 e. The molecule has 7 heteroatoms. The van der Waals surface area contributed by atoms with Gasteiger partial charge >= 0.3 is 0 Å². The Morgan fingerprint density at radius 1 is 1.06 bits per heavy atom. The van der Waals surface area contributed by atoms with Gasteiger partial charge in [0.2, 0.25) is 6.04 Å². The maximum absolute atomic E-state index is 11.3. The Bertz CT molecular complexity index is 407. The van der Waals surface area contributed by atoms with Crippen LogP contribution in [0.25, 0.3) is 0 Å². The standard InChI is InChI=1S/C10H17NO5S/c12-11(13)9-5-1-4-8-7(9)3-2-6-10(8)17(14,15)16/h7-10H,1-6H2,(H,14,15,16). The maximum atomic E-state index is 11.3. The number of fused-ring (bicyclic) bond motifs is 1. The highest BCUT2D eigenvalue weighted by Gasteiger charge is 2.48. The Labute approximate surface area is 100 Å². The van der Waals surface area contributed by atoms with E-state index >= 15 is 0 Å². The van der Waals surface area contributed by atoms with Crippen LogP contribution in [0.5, 0.6) is 0 Å². The molecule has 0 bridgehead atoms. The largest absolute Gasteiger partial charge is 0.285 e. The minimum atomic E-state index is -4.07. The lowest BCUT2D eigenvalue weighted by Gasteiger charge is -2.40. The fourth-order valence-electron chi connectivity index (χ4n) is 3.54. The van der Waals surface area contributed by atoms with Crippen molar-refractivity contribution in [2.24, 2.45) is 11.8 Å². The number of nitrogens with zero attached hydrogens (tertiary/aromatic N) is 1. The van der Waals surface area contributed by atoms with Crippen LogP contribution in [0, 0.1) is 22.0 Å². The van der Waals surface area contributed by atoms with Crippen molar-refractivity contribution in [1.29, 1.82) is 0 Å². The van der Waals surface area contributed by atoms with Crippen molar-refractivity contribution < 1.29 is 17.9 Å². The molecule has 2 rings (SSSR count). The van der Waals surface area contributed by atoms with E-state index in [0.717, 1.165) is 0 Å². The third-order valence-electron chi connectivity index (χ3n) is 4.24. The summed E-state index contributed by atoms with van der Waals surface area (Å²) in [6.07, 6.45) is 3.69. The summed E-state index contributed by atoms with van der Waals surface area (Å²) in [7, 11) is -4.07. The SMILES string of the molecule is O=[N+]([O-])C1CCCC2C1CCCC2S(=O)(=O)O. The predicted octanol–water partition coefficient (Wildman–Crippen LogP) is 1.49. The molecule has 0 amide bonds. The van der Waals surface area contributed by atoms with Gasteiger partial charge in [-0.2, -0.15) is 8.42 Å². The Kier molecular flexibility index (Phi) is 3.40. The van der Waals surface area contributed by atoms with Gasteiger partial charge in [-0.15, -0.1) is 0 Å². The molecule has 0 aromatic carbocycles. The number of hydrogen-bond donors (Lipinski definition) is 1. The van der Waals surface area contributed by atoms with Gasteiger partial charge in [-0.25, -0.2) is 0 Å². The molecule has 98 valence electrons. The molecule has 0 heterocycles.